The minimum atomic E-state index is -0.942. The van der Waals surface area contributed by atoms with Crippen LogP contribution in [0.1, 0.15) is 17.3 Å². The quantitative estimate of drug-likeness (QED) is 0.230. The van der Waals surface area contributed by atoms with Gasteiger partial charge in [-0.15, -0.1) is 0 Å². The van der Waals surface area contributed by atoms with E-state index in [1.54, 1.807) is 19.1 Å². The summed E-state index contributed by atoms with van der Waals surface area (Å²) in [6.45, 7) is 1.70. The second-order valence-corrected chi connectivity index (χ2v) is 3.92. The lowest BCUT2D eigenvalue weighted by Gasteiger charge is -2.03. The molecule has 17 heavy (non-hydrogen) atoms. The van der Waals surface area contributed by atoms with Crippen LogP contribution in [0.5, 0.6) is 0 Å². The molecular weight excluding hydrogens is 290 g/mol. The maximum atomic E-state index is 11.8. The Morgan fingerprint density at radius 3 is 2.41 bits per heavy atom. The van der Waals surface area contributed by atoms with Crippen LogP contribution >= 0.6 is 15.9 Å². The number of oxime groups is 1. The number of carbonyl (C=O) groups is 2. The van der Waals surface area contributed by atoms with Crippen LogP contribution in [0, 0.1) is 0 Å². The van der Waals surface area contributed by atoms with Crippen LogP contribution < -0.4 is 0 Å². The van der Waals surface area contributed by atoms with E-state index in [4.69, 9.17) is 5.21 Å². The normalized spacial score (nSPS) is 11.1. The Balaban J connectivity index is 2.95. The van der Waals surface area contributed by atoms with Crippen molar-refractivity contribution in [2.24, 2.45) is 5.16 Å². The number of benzene rings is 1. The van der Waals surface area contributed by atoms with Crippen molar-refractivity contribution in [2.75, 3.05) is 6.61 Å². The first kappa shape index (κ1) is 13.4. The summed E-state index contributed by atoms with van der Waals surface area (Å²) in [5.41, 5.74) is -0.386. The molecule has 0 aliphatic rings. The number of halogens is 1. The first-order valence-electron chi connectivity index (χ1n) is 4.79. The van der Waals surface area contributed by atoms with Gasteiger partial charge in [0.2, 0.25) is 11.5 Å². The molecule has 0 aliphatic heterocycles. The highest BCUT2D eigenvalue weighted by Crippen LogP contribution is 2.11. The van der Waals surface area contributed by atoms with Gasteiger partial charge in [0.25, 0.3) is 0 Å². The van der Waals surface area contributed by atoms with Crippen molar-refractivity contribution >= 4 is 33.4 Å². The third-order valence-electron chi connectivity index (χ3n) is 1.89. The number of esters is 1. The molecule has 0 unspecified atom stereocenters. The maximum Gasteiger partial charge on any atom is 0.364 e. The van der Waals surface area contributed by atoms with E-state index < -0.39 is 17.5 Å². The lowest BCUT2D eigenvalue weighted by Crippen LogP contribution is -2.26. The minimum Gasteiger partial charge on any atom is -0.461 e. The van der Waals surface area contributed by atoms with Gasteiger partial charge in [0.1, 0.15) is 0 Å². The summed E-state index contributed by atoms with van der Waals surface area (Å²) in [5, 5.41) is 11.4. The Labute approximate surface area is 106 Å². The van der Waals surface area contributed by atoms with E-state index in [0.29, 0.717) is 0 Å². The average molecular weight is 300 g/mol. The summed E-state index contributed by atoms with van der Waals surface area (Å²) >= 11 is 3.22. The molecule has 1 aromatic rings. The zero-order chi connectivity index (χ0) is 12.8. The van der Waals surface area contributed by atoms with E-state index in [0.717, 1.165) is 4.47 Å². The summed E-state index contributed by atoms with van der Waals surface area (Å²) < 4.78 is 5.40. The molecule has 0 spiro atoms. The standard InChI is InChI=1S/C11H10BrNO4/c1-2-17-11(15)9(13-16)10(14)7-3-5-8(12)6-4-7/h3-6,16H,2H2,1H3/b13-9+. The highest BCUT2D eigenvalue weighted by Gasteiger charge is 2.23. The fourth-order valence-corrected chi connectivity index (χ4v) is 1.38. The Hall–Kier alpha value is -1.69. The first-order chi connectivity index (χ1) is 8.10. The van der Waals surface area contributed by atoms with Crippen molar-refractivity contribution in [1.82, 2.24) is 0 Å². The molecule has 0 aromatic heterocycles. The van der Waals surface area contributed by atoms with Gasteiger partial charge in [0.15, 0.2) is 0 Å². The Morgan fingerprint density at radius 1 is 1.35 bits per heavy atom. The van der Waals surface area contributed by atoms with Gasteiger partial charge < -0.3 is 9.94 Å². The van der Waals surface area contributed by atoms with E-state index in [2.05, 4.69) is 25.8 Å². The number of rotatable bonds is 4. The number of hydrogen-bond donors (Lipinski definition) is 1. The number of nitrogens with zero attached hydrogens (tertiary/aromatic N) is 1. The largest absolute Gasteiger partial charge is 0.461 e. The third kappa shape index (κ3) is 3.39. The topological polar surface area (TPSA) is 76.0 Å². The van der Waals surface area contributed by atoms with Crippen LogP contribution in [0.4, 0.5) is 0 Å². The molecule has 0 saturated carbocycles. The molecule has 0 saturated heterocycles. The Morgan fingerprint density at radius 2 is 1.94 bits per heavy atom. The lowest BCUT2D eigenvalue weighted by molar-refractivity contribution is -0.135. The molecule has 5 nitrogen and oxygen atoms in total. The summed E-state index contributed by atoms with van der Waals surface area (Å²) in [6, 6.07) is 6.31. The van der Waals surface area contributed by atoms with Gasteiger partial charge in [-0.1, -0.05) is 21.1 Å². The molecule has 0 bridgehead atoms. The molecule has 0 aliphatic carbocycles. The molecule has 1 rings (SSSR count). The zero-order valence-corrected chi connectivity index (χ0v) is 10.6. The van der Waals surface area contributed by atoms with Gasteiger partial charge in [0.05, 0.1) is 6.61 Å². The van der Waals surface area contributed by atoms with Crippen LogP contribution in [0.25, 0.3) is 0 Å². The zero-order valence-electron chi connectivity index (χ0n) is 9.01. The van der Waals surface area contributed by atoms with E-state index in [1.165, 1.54) is 12.1 Å². The number of ether oxygens (including phenoxy) is 1. The van der Waals surface area contributed by atoms with E-state index >= 15 is 0 Å². The van der Waals surface area contributed by atoms with Crippen molar-refractivity contribution < 1.29 is 19.5 Å². The Kier molecular flexibility index (Phi) is 4.84. The lowest BCUT2D eigenvalue weighted by atomic mass is 10.1. The van der Waals surface area contributed by atoms with Crippen molar-refractivity contribution in [3.8, 4) is 0 Å². The van der Waals surface area contributed by atoms with E-state index in [9.17, 15) is 9.59 Å². The maximum absolute atomic E-state index is 11.8. The molecule has 6 heteroatoms. The first-order valence-corrected chi connectivity index (χ1v) is 5.59. The Bertz CT molecular complexity index is 453. The summed E-state index contributed by atoms with van der Waals surface area (Å²) in [7, 11) is 0. The highest BCUT2D eigenvalue weighted by molar-refractivity contribution is 9.10. The molecule has 1 aromatic carbocycles. The average Bonchev–Trinajstić information content (AvgIpc) is 2.31. The van der Waals surface area contributed by atoms with Crippen LogP contribution in [0.15, 0.2) is 33.9 Å². The summed E-state index contributed by atoms with van der Waals surface area (Å²) in [6.07, 6.45) is 0. The monoisotopic (exact) mass is 299 g/mol. The molecule has 1 N–H and O–H groups in total. The van der Waals surface area contributed by atoms with Crippen LogP contribution in [0.3, 0.4) is 0 Å². The molecule has 0 radical (unpaired) electrons. The molecule has 0 fully saturated rings. The molecule has 0 heterocycles. The predicted molar refractivity (Wildman–Crippen MR) is 64.3 cm³/mol. The van der Waals surface area contributed by atoms with Crippen LogP contribution in [-0.4, -0.2) is 29.3 Å². The second kappa shape index (κ2) is 6.15. The van der Waals surface area contributed by atoms with Crippen LogP contribution in [-0.2, 0) is 9.53 Å². The van der Waals surface area contributed by atoms with Crippen molar-refractivity contribution in [3.05, 3.63) is 34.3 Å². The van der Waals surface area contributed by atoms with Crippen molar-refractivity contribution in [3.63, 3.8) is 0 Å². The number of ketones is 1. The van der Waals surface area contributed by atoms with Gasteiger partial charge in [0, 0.05) is 10.0 Å². The van der Waals surface area contributed by atoms with Gasteiger partial charge in [-0.3, -0.25) is 4.79 Å². The van der Waals surface area contributed by atoms with Gasteiger partial charge >= 0.3 is 5.97 Å². The number of Topliss-reactive ketones (excluding diaryl/α,β-unsaturated/α-hetero) is 1. The molecule has 90 valence electrons. The smallest absolute Gasteiger partial charge is 0.364 e. The summed E-state index contributed by atoms with van der Waals surface area (Å²) in [5.74, 6) is -1.62. The number of carbonyl (C=O) groups excluding carboxylic acids is 2. The van der Waals surface area contributed by atoms with E-state index in [-0.39, 0.29) is 12.2 Å². The van der Waals surface area contributed by atoms with Gasteiger partial charge in [-0.2, -0.15) is 0 Å². The fourth-order valence-electron chi connectivity index (χ4n) is 1.12. The molecule has 0 amide bonds. The van der Waals surface area contributed by atoms with Gasteiger partial charge in [-0.25, -0.2) is 4.79 Å². The van der Waals surface area contributed by atoms with Gasteiger partial charge in [-0.05, 0) is 31.2 Å². The minimum absolute atomic E-state index is 0.103. The fraction of sp³-hybridized carbons (Fsp3) is 0.182. The number of hydrogen-bond acceptors (Lipinski definition) is 5. The second-order valence-electron chi connectivity index (χ2n) is 3.01. The van der Waals surface area contributed by atoms with E-state index in [1.807, 2.05) is 0 Å². The predicted octanol–water partition coefficient (Wildman–Crippen LogP) is 2.03. The van der Waals surface area contributed by atoms with Crippen LogP contribution in [0.2, 0.25) is 0 Å². The molecule has 0 atom stereocenters. The SMILES string of the molecule is CCOC(=O)/C(=N/O)C(=O)c1ccc(Br)cc1. The third-order valence-corrected chi connectivity index (χ3v) is 2.42. The highest BCUT2D eigenvalue weighted by atomic mass is 79.9. The summed E-state index contributed by atoms with van der Waals surface area (Å²) in [4.78, 5) is 23.1. The molecular formula is C11H10BrNO4. The van der Waals surface area contributed by atoms with Crippen molar-refractivity contribution in [2.45, 2.75) is 6.92 Å². The van der Waals surface area contributed by atoms with Crippen molar-refractivity contribution in [1.29, 1.82) is 0 Å².